The van der Waals surface area contributed by atoms with Gasteiger partial charge < -0.3 is 0 Å². The molecule has 0 aliphatic heterocycles. The van der Waals surface area contributed by atoms with E-state index in [0.717, 1.165) is 17.0 Å². The summed E-state index contributed by atoms with van der Waals surface area (Å²) in [4.78, 5) is 22.9. The highest BCUT2D eigenvalue weighted by molar-refractivity contribution is 6.09. The van der Waals surface area contributed by atoms with Gasteiger partial charge >= 0.3 is 6.18 Å². The Bertz CT molecular complexity index is 843. The summed E-state index contributed by atoms with van der Waals surface area (Å²) in [6.07, 6.45) is 0.153. The standard InChI is InChI=1S/C24H25F3O2/c1-2-16-3-5-17(6-4-16)18-7-9-19(10-8-18)20-11-13-21(14-12-20)22(28)15-23(29)24(25,26)27/h7-14,16-17H,2-6,15H2,1H3. The van der Waals surface area contributed by atoms with Crippen molar-refractivity contribution in [3.8, 4) is 11.1 Å². The number of benzene rings is 2. The average molecular weight is 402 g/mol. The number of Topliss-reactive ketones (excluding diaryl/α,β-unsaturated/α-hetero) is 2. The molecule has 0 saturated heterocycles. The van der Waals surface area contributed by atoms with E-state index in [0.29, 0.717) is 5.92 Å². The number of hydrogen-bond donors (Lipinski definition) is 0. The van der Waals surface area contributed by atoms with Crippen molar-refractivity contribution >= 4 is 11.6 Å². The minimum atomic E-state index is -4.98. The van der Waals surface area contributed by atoms with Gasteiger partial charge in [0.2, 0.25) is 5.78 Å². The Hall–Kier alpha value is -2.43. The van der Waals surface area contributed by atoms with Crippen molar-refractivity contribution in [1.29, 1.82) is 0 Å². The van der Waals surface area contributed by atoms with Crippen LogP contribution in [-0.4, -0.2) is 17.7 Å². The maximum atomic E-state index is 12.3. The molecule has 1 fully saturated rings. The van der Waals surface area contributed by atoms with Gasteiger partial charge in [-0.3, -0.25) is 9.59 Å². The van der Waals surface area contributed by atoms with Gasteiger partial charge in [0.15, 0.2) is 5.78 Å². The van der Waals surface area contributed by atoms with Crippen LogP contribution in [0.2, 0.25) is 0 Å². The molecule has 3 rings (SSSR count). The second-order valence-corrected chi connectivity index (χ2v) is 7.85. The Morgan fingerprint density at radius 3 is 1.86 bits per heavy atom. The monoisotopic (exact) mass is 402 g/mol. The van der Waals surface area contributed by atoms with E-state index in [1.165, 1.54) is 49.8 Å². The lowest BCUT2D eigenvalue weighted by molar-refractivity contribution is -0.170. The number of ketones is 2. The van der Waals surface area contributed by atoms with Gasteiger partial charge in [-0.1, -0.05) is 61.9 Å². The van der Waals surface area contributed by atoms with Crippen molar-refractivity contribution in [2.45, 2.75) is 57.5 Å². The smallest absolute Gasteiger partial charge is 0.294 e. The molecule has 0 bridgehead atoms. The predicted octanol–water partition coefficient (Wildman–Crippen LogP) is 6.74. The maximum Gasteiger partial charge on any atom is 0.450 e. The van der Waals surface area contributed by atoms with E-state index in [9.17, 15) is 22.8 Å². The first-order valence-corrected chi connectivity index (χ1v) is 10.1. The molecule has 1 saturated carbocycles. The first-order valence-electron chi connectivity index (χ1n) is 10.1. The number of hydrogen-bond acceptors (Lipinski definition) is 2. The van der Waals surface area contributed by atoms with Crippen LogP contribution in [0.3, 0.4) is 0 Å². The van der Waals surface area contributed by atoms with Crippen LogP contribution in [0.5, 0.6) is 0 Å². The molecule has 0 amide bonds. The van der Waals surface area contributed by atoms with E-state index in [1.807, 2.05) is 12.1 Å². The van der Waals surface area contributed by atoms with Gasteiger partial charge in [0.05, 0.1) is 6.42 Å². The molecule has 2 aromatic rings. The van der Waals surface area contributed by atoms with Crippen molar-refractivity contribution in [3.63, 3.8) is 0 Å². The summed E-state index contributed by atoms with van der Waals surface area (Å²) < 4.78 is 36.9. The van der Waals surface area contributed by atoms with Crippen LogP contribution >= 0.6 is 0 Å². The van der Waals surface area contributed by atoms with E-state index >= 15 is 0 Å². The largest absolute Gasteiger partial charge is 0.450 e. The summed E-state index contributed by atoms with van der Waals surface area (Å²) in [5.41, 5.74) is 3.32. The van der Waals surface area contributed by atoms with E-state index in [4.69, 9.17) is 0 Å². The van der Waals surface area contributed by atoms with Crippen LogP contribution in [0.4, 0.5) is 13.2 Å². The van der Waals surface area contributed by atoms with Crippen molar-refractivity contribution < 1.29 is 22.8 Å². The predicted molar refractivity (Wildman–Crippen MR) is 107 cm³/mol. The molecular formula is C24H25F3O2. The molecule has 1 aliphatic carbocycles. The molecule has 0 atom stereocenters. The van der Waals surface area contributed by atoms with Crippen molar-refractivity contribution in [1.82, 2.24) is 0 Å². The lowest BCUT2D eigenvalue weighted by Crippen LogP contribution is -2.25. The molecule has 0 unspecified atom stereocenters. The molecule has 0 spiro atoms. The van der Waals surface area contributed by atoms with E-state index < -0.39 is 24.2 Å². The minimum Gasteiger partial charge on any atom is -0.294 e. The molecule has 2 aromatic carbocycles. The van der Waals surface area contributed by atoms with Gasteiger partial charge in [0, 0.05) is 5.56 Å². The molecule has 1 aliphatic rings. The Morgan fingerprint density at radius 2 is 1.38 bits per heavy atom. The van der Waals surface area contributed by atoms with Crippen molar-refractivity contribution in [3.05, 3.63) is 59.7 Å². The van der Waals surface area contributed by atoms with Crippen molar-refractivity contribution in [2.75, 3.05) is 0 Å². The normalized spacial score (nSPS) is 19.7. The number of halogens is 3. The fraction of sp³-hybridized carbons (Fsp3) is 0.417. The highest BCUT2D eigenvalue weighted by atomic mass is 19.4. The Kier molecular flexibility index (Phi) is 6.56. The second-order valence-electron chi connectivity index (χ2n) is 7.85. The lowest BCUT2D eigenvalue weighted by Gasteiger charge is -2.28. The van der Waals surface area contributed by atoms with E-state index in [-0.39, 0.29) is 5.56 Å². The Balaban J connectivity index is 1.64. The summed E-state index contributed by atoms with van der Waals surface area (Å²) in [7, 11) is 0. The van der Waals surface area contributed by atoms with Crippen LogP contribution in [0.25, 0.3) is 11.1 Å². The van der Waals surface area contributed by atoms with E-state index in [1.54, 1.807) is 12.1 Å². The Labute approximate surface area is 169 Å². The molecule has 0 radical (unpaired) electrons. The average Bonchev–Trinajstić information content (AvgIpc) is 2.73. The molecule has 2 nitrogen and oxygen atoms in total. The third kappa shape index (κ3) is 5.34. The van der Waals surface area contributed by atoms with Gasteiger partial charge in [-0.25, -0.2) is 0 Å². The summed E-state index contributed by atoms with van der Waals surface area (Å²) >= 11 is 0. The topological polar surface area (TPSA) is 34.1 Å². The second kappa shape index (κ2) is 8.93. The van der Waals surface area contributed by atoms with Crippen LogP contribution < -0.4 is 0 Å². The zero-order chi connectivity index (χ0) is 21.0. The zero-order valence-electron chi connectivity index (χ0n) is 16.5. The van der Waals surface area contributed by atoms with Gasteiger partial charge in [0.1, 0.15) is 0 Å². The fourth-order valence-electron chi connectivity index (χ4n) is 4.05. The lowest BCUT2D eigenvalue weighted by atomic mass is 9.77. The summed E-state index contributed by atoms with van der Waals surface area (Å²) in [5, 5.41) is 0. The molecule has 0 N–H and O–H groups in total. The Morgan fingerprint density at radius 1 is 0.862 bits per heavy atom. The van der Waals surface area contributed by atoms with Gasteiger partial charge in [-0.2, -0.15) is 13.2 Å². The van der Waals surface area contributed by atoms with Gasteiger partial charge in [-0.15, -0.1) is 0 Å². The number of alkyl halides is 3. The molecule has 29 heavy (non-hydrogen) atoms. The molecule has 5 heteroatoms. The highest BCUT2D eigenvalue weighted by Crippen LogP contribution is 2.37. The van der Waals surface area contributed by atoms with Crippen LogP contribution in [0.1, 0.15) is 67.3 Å². The minimum absolute atomic E-state index is 0.107. The quantitative estimate of drug-likeness (QED) is 0.396. The van der Waals surface area contributed by atoms with Crippen molar-refractivity contribution in [2.24, 2.45) is 5.92 Å². The highest BCUT2D eigenvalue weighted by Gasteiger charge is 2.39. The molecular weight excluding hydrogens is 377 g/mol. The molecule has 154 valence electrons. The summed E-state index contributed by atoms with van der Waals surface area (Å²) in [6.45, 7) is 2.26. The van der Waals surface area contributed by atoms with Crippen LogP contribution in [-0.2, 0) is 4.79 Å². The summed E-state index contributed by atoms with van der Waals surface area (Å²) in [6, 6.07) is 14.7. The number of rotatable bonds is 6. The fourth-order valence-corrected chi connectivity index (χ4v) is 4.05. The molecule has 0 aromatic heterocycles. The maximum absolute atomic E-state index is 12.3. The summed E-state index contributed by atoms with van der Waals surface area (Å²) in [5.74, 6) is -1.37. The van der Waals surface area contributed by atoms with E-state index in [2.05, 4.69) is 19.1 Å². The first kappa shape index (κ1) is 21.3. The third-order valence-corrected chi connectivity index (χ3v) is 5.98. The van der Waals surface area contributed by atoms with Crippen LogP contribution in [0, 0.1) is 5.92 Å². The number of carbonyl (C=O) groups excluding carboxylic acids is 2. The van der Waals surface area contributed by atoms with Gasteiger partial charge in [-0.05, 0) is 54.2 Å². The molecule has 0 heterocycles. The number of carbonyl (C=O) groups is 2. The third-order valence-electron chi connectivity index (χ3n) is 5.98. The van der Waals surface area contributed by atoms with Crippen LogP contribution in [0.15, 0.2) is 48.5 Å². The SMILES string of the molecule is CCC1CCC(c2ccc(-c3ccc(C(=O)CC(=O)C(F)(F)F)cc3)cc2)CC1. The zero-order valence-corrected chi connectivity index (χ0v) is 16.5. The first-order chi connectivity index (χ1) is 13.8. The van der Waals surface area contributed by atoms with Gasteiger partial charge in [0.25, 0.3) is 0 Å².